The first-order valence-electron chi connectivity index (χ1n) is 39.6. The van der Waals surface area contributed by atoms with E-state index < -0.39 is 209 Å². The molecular formula is C77H118N20O20S2. The highest BCUT2D eigenvalue weighted by Gasteiger charge is 2.47. The molecule has 42 heteroatoms. The van der Waals surface area contributed by atoms with Crippen LogP contribution in [0.2, 0.25) is 0 Å². The quantitative estimate of drug-likeness (QED) is 0.0119. The zero-order valence-corrected chi connectivity index (χ0v) is 69.4. The lowest BCUT2D eigenvalue weighted by Crippen LogP contribution is -2.63. The summed E-state index contributed by atoms with van der Waals surface area (Å²) in [4.78, 5) is 237. The van der Waals surface area contributed by atoms with Crippen LogP contribution in [0.1, 0.15) is 162 Å². The maximum absolute atomic E-state index is 16.0. The van der Waals surface area contributed by atoms with Gasteiger partial charge in [0.25, 0.3) is 0 Å². The van der Waals surface area contributed by atoms with Crippen LogP contribution in [0.3, 0.4) is 0 Å². The Morgan fingerprint density at radius 1 is 0.613 bits per heavy atom. The van der Waals surface area contributed by atoms with Gasteiger partial charge in [-0.2, -0.15) is 0 Å². The number of aromatic nitrogens is 1. The molecule has 1 aromatic heterocycles. The zero-order chi connectivity index (χ0) is 88.5. The number of phenolic OH excluding ortho intramolecular Hbond substituents is 1. The van der Waals surface area contributed by atoms with Crippen molar-refractivity contribution in [2.75, 3.05) is 26.2 Å². The van der Waals surface area contributed by atoms with Gasteiger partial charge >= 0.3 is 17.9 Å². The van der Waals surface area contributed by atoms with Crippen LogP contribution in [0.25, 0.3) is 10.9 Å². The second-order valence-electron chi connectivity index (χ2n) is 31.0. The molecule has 5 rings (SSSR count). The third-order valence-electron chi connectivity index (χ3n) is 19.8. The monoisotopic (exact) mass is 1710 g/mol. The third-order valence-corrected chi connectivity index (χ3v) is 23.5. The second kappa shape index (κ2) is 48.4. The highest BCUT2D eigenvalue weighted by molar-refractivity contribution is 8.77. The van der Waals surface area contributed by atoms with Gasteiger partial charge < -0.3 is 124 Å². The standard InChI is InChI=1S/C77H118N20O20S2/c1-39(2)33-51(91-64(105)45(80)25-27-58(100)101)67(108)92-52(35-41-21-23-43(98)24-22-41)68(109)88-49(26-28-59(102)103)66(107)93-54(37-57(81)99)69(110)87-47(17-9-11-29-78)61(104)62-60(82)72(113)89-48(19-13-31-85-76(83)84)65(106)90-50(18-10-12-30-79)74(115)97-32-14-20-56(97)71(112)94-53(36-42-38-86-46-16-8-7-15-44(42)46)70(111)96-63(77(5,6)119-118-62)73(114)95-55(75(116)117)34-40(3)4/h7-8,15-16,21-24,38-40,45,47-56,60,62-63,86,98H,9-14,17-20,25-37,78-80,82H2,1-6H3,(H2,81,99)(H,87,110)(H,88,109)(H,89,113)(H,90,106)(H,91,105)(H,92,108)(H,93,107)(H,94,112)(H,95,114)(H,96,111)(H,100,101)(H,102,103)(H,116,117)(H4,83,84,85)/t45-,47-,48+,49-,50-,51-,52-,53-,54-,55-,56+,60-,62?,63+/m0/s1. The first-order chi connectivity index (χ1) is 56.1. The van der Waals surface area contributed by atoms with Crippen LogP contribution in [0.5, 0.6) is 5.75 Å². The normalized spacial score (nSPS) is 20.5. The minimum atomic E-state index is -2.10. The van der Waals surface area contributed by atoms with E-state index in [4.69, 9.17) is 40.1 Å². The van der Waals surface area contributed by atoms with E-state index in [1.54, 1.807) is 58.2 Å². The van der Waals surface area contributed by atoms with Crippen molar-refractivity contribution in [2.24, 2.45) is 57.0 Å². The molecule has 3 heterocycles. The summed E-state index contributed by atoms with van der Waals surface area (Å²) in [5.41, 5.74) is 43.4. The SMILES string of the molecule is CC(C)C[C@H](NC(=O)[C@H]1NC(=O)[C@H](Cc2c[nH]c3ccccc23)NC(=O)[C@H]2CCCN2C(=O)[C@H](CCCCN)NC(=O)[C@@H](CCCN=C(N)N)NC(=O)[C@@H](N)C(C(=O)[C@H](CCCCN)NC(=O)[C@H](CC(N)=O)NC(=O)[C@H](CCC(=O)O)NC(=O)[C@H](Cc2ccc(O)cc2)NC(=O)[C@H](CC(C)C)NC(=O)[C@@H](N)CCC(=O)O)SSC1(C)C)C(=O)O. The van der Waals surface area contributed by atoms with Gasteiger partial charge in [0.2, 0.25) is 70.9 Å². The van der Waals surface area contributed by atoms with Crippen molar-refractivity contribution in [1.29, 1.82) is 0 Å². The number of Topliss-reactive ketones (excluding diaryl/α,β-unsaturated/α-hetero) is 1. The molecule has 0 saturated carbocycles. The predicted octanol–water partition coefficient (Wildman–Crippen LogP) is -2.64. The fourth-order valence-electron chi connectivity index (χ4n) is 13.4. The number of primary amides is 1. The molecule has 2 aliphatic heterocycles. The maximum atomic E-state index is 16.0. The number of benzene rings is 2. The van der Waals surface area contributed by atoms with Crippen molar-refractivity contribution >= 4 is 133 Å². The number of phenols is 1. The van der Waals surface area contributed by atoms with Crippen LogP contribution in [-0.4, -0.2) is 246 Å². The fraction of sp³-hybridized carbons (Fsp3) is 0.597. The smallest absolute Gasteiger partial charge is 0.326 e. The Labute approximate surface area is 696 Å². The number of ketones is 1. The highest BCUT2D eigenvalue weighted by Crippen LogP contribution is 2.43. The van der Waals surface area contributed by atoms with Crippen molar-refractivity contribution in [1.82, 2.24) is 63.1 Å². The molecule has 0 radical (unpaired) electrons. The first-order valence-corrected chi connectivity index (χ1v) is 41.8. The van der Waals surface area contributed by atoms with E-state index in [9.17, 15) is 58.8 Å². The third kappa shape index (κ3) is 32.2. The number of fused-ring (bicyclic) bond motifs is 2. The molecule has 3 aromatic rings. The van der Waals surface area contributed by atoms with E-state index in [1.165, 1.54) is 43.0 Å². The minimum absolute atomic E-state index is 0.00831. The Morgan fingerprint density at radius 2 is 1.17 bits per heavy atom. The topological polar surface area (TPSA) is 688 Å². The van der Waals surface area contributed by atoms with E-state index >= 15 is 38.4 Å². The summed E-state index contributed by atoms with van der Waals surface area (Å²) in [6.45, 7) is 9.78. The summed E-state index contributed by atoms with van der Waals surface area (Å²) in [6.07, 6.45) is -2.04. The lowest BCUT2D eigenvalue weighted by molar-refractivity contribution is -0.143. The lowest BCUT2D eigenvalue weighted by Gasteiger charge is -2.36. The fourth-order valence-corrected chi connectivity index (χ4v) is 16.5. The molecule has 119 heavy (non-hydrogen) atoms. The number of aliphatic carboxylic acids is 3. The molecule has 2 saturated heterocycles. The van der Waals surface area contributed by atoms with E-state index in [0.29, 0.717) is 56.5 Å². The number of nitrogens with one attached hydrogen (secondary N) is 11. The summed E-state index contributed by atoms with van der Waals surface area (Å²) >= 11 is 0. The van der Waals surface area contributed by atoms with Crippen LogP contribution < -0.4 is 93.3 Å². The number of guanidine groups is 1. The van der Waals surface area contributed by atoms with Crippen LogP contribution in [0, 0.1) is 11.8 Å². The Hall–Kier alpha value is -10.7. The lowest BCUT2D eigenvalue weighted by atomic mass is 9.97. The number of rotatable bonds is 43. The Bertz CT molecular complexity index is 4070. The van der Waals surface area contributed by atoms with Gasteiger partial charge in [-0.1, -0.05) is 79.6 Å². The number of H-pyrrole nitrogens is 1. The van der Waals surface area contributed by atoms with E-state index in [-0.39, 0.29) is 133 Å². The van der Waals surface area contributed by atoms with E-state index in [2.05, 4.69) is 63.1 Å². The van der Waals surface area contributed by atoms with Crippen molar-refractivity contribution in [3.8, 4) is 5.75 Å². The number of aromatic amines is 1. The zero-order valence-electron chi connectivity index (χ0n) is 67.8. The van der Waals surface area contributed by atoms with Gasteiger partial charge in [-0.05, 0) is 158 Å². The van der Waals surface area contributed by atoms with Crippen molar-refractivity contribution < 1.29 is 97.1 Å². The average molecular weight is 1710 g/mol. The molecule has 40 nitrogen and oxygen atoms in total. The number of carbonyl (C=O) groups excluding carboxylic acids is 13. The molecule has 14 atom stereocenters. The van der Waals surface area contributed by atoms with Gasteiger partial charge in [0.15, 0.2) is 11.7 Å². The van der Waals surface area contributed by atoms with Crippen molar-refractivity contribution in [2.45, 2.75) is 252 Å². The van der Waals surface area contributed by atoms with E-state index in [0.717, 1.165) is 0 Å². The maximum Gasteiger partial charge on any atom is 0.326 e. The first kappa shape index (κ1) is 98.9. The summed E-state index contributed by atoms with van der Waals surface area (Å²) in [5.74, 6) is -19.1. The number of para-hydroxylation sites is 1. The average Bonchev–Trinajstić information content (AvgIpc) is 1.48. The van der Waals surface area contributed by atoms with Crippen LogP contribution in [0.15, 0.2) is 59.7 Å². The summed E-state index contributed by atoms with van der Waals surface area (Å²) in [5, 5.41) is 64.3. The molecule has 2 aromatic carbocycles. The molecule has 0 aliphatic carbocycles. The summed E-state index contributed by atoms with van der Waals surface area (Å²) < 4.78 is -1.79. The molecule has 2 aliphatic rings. The highest BCUT2D eigenvalue weighted by atomic mass is 33.1. The molecular weight excluding hydrogens is 1590 g/mol. The van der Waals surface area contributed by atoms with Crippen molar-refractivity contribution in [3.63, 3.8) is 0 Å². The summed E-state index contributed by atoms with van der Waals surface area (Å²) in [6, 6.07) is -9.27. The number of carboxylic acid groups (broad SMARTS) is 3. The Kier molecular flexibility index (Phi) is 40.2. The van der Waals surface area contributed by atoms with Gasteiger partial charge in [0.1, 0.15) is 72.2 Å². The van der Waals surface area contributed by atoms with E-state index in [1.807, 2.05) is 0 Å². The van der Waals surface area contributed by atoms with Crippen LogP contribution >= 0.6 is 21.6 Å². The molecule has 2 fully saturated rings. The number of carbonyl (C=O) groups is 16. The molecule has 1 unspecified atom stereocenters. The number of aromatic hydroxyl groups is 1. The molecule has 0 spiro atoms. The van der Waals surface area contributed by atoms with Gasteiger partial charge in [-0.15, -0.1) is 0 Å². The number of carboxylic acids is 3. The van der Waals surface area contributed by atoms with Crippen molar-refractivity contribution in [3.05, 3.63) is 65.9 Å². The van der Waals surface area contributed by atoms with Gasteiger partial charge in [-0.25, -0.2) is 4.79 Å². The largest absolute Gasteiger partial charge is 0.508 e. The number of aliphatic imine (C=N–C) groups is 1. The number of unbranched alkanes of at least 4 members (excludes halogenated alkanes) is 2. The second-order valence-corrected chi connectivity index (χ2v) is 34.0. The van der Waals surface area contributed by atoms with Gasteiger partial charge in [-0.3, -0.25) is 76.9 Å². The Morgan fingerprint density at radius 3 is 1.80 bits per heavy atom. The number of hydrogen-bond acceptors (Lipinski definition) is 24. The predicted molar refractivity (Wildman–Crippen MR) is 442 cm³/mol. The number of nitrogens with two attached hydrogens (primary N) is 7. The number of hydrogen-bond donors (Lipinski definition) is 22. The number of amides is 12. The molecule has 12 amide bonds. The molecule has 0 bridgehead atoms. The molecule has 658 valence electrons. The Balaban J connectivity index is 1.67. The van der Waals surface area contributed by atoms with Gasteiger partial charge in [0.05, 0.1) is 23.8 Å². The van der Waals surface area contributed by atoms with Crippen LogP contribution in [0.4, 0.5) is 0 Å². The molecule has 29 N–H and O–H groups in total. The number of nitrogens with zero attached hydrogens (tertiary/aromatic N) is 2. The van der Waals surface area contributed by atoms with Gasteiger partial charge in [0, 0.05) is 60.6 Å². The minimum Gasteiger partial charge on any atom is -0.508 e. The summed E-state index contributed by atoms with van der Waals surface area (Å²) in [7, 11) is 1.22. The van der Waals surface area contributed by atoms with Crippen LogP contribution in [-0.2, 0) is 89.6 Å².